The second kappa shape index (κ2) is 9.02. The summed E-state index contributed by atoms with van der Waals surface area (Å²) < 4.78 is 31.6. The molecule has 0 heterocycles. The molecule has 120 valence electrons. The molecule has 0 N–H and O–H groups in total. The van der Waals surface area contributed by atoms with Gasteiger partial charge >= 0.3 is 0 Å². The van der Waals surface area contributed by atoms with Gasteiger partial charge in [0.15, 0.2) is 0 Å². The van der Waals surface area contributed by atoms with Crippen LogP contribution in [0.3, 0.4) is 0 Å². The van der Waals surface area contributed by atoms with Gasteiger partial charge in [-0.15, -0.1) is 0 Å². The molecule has 0 saturated carbocycles. The quantitative estimate of drug-likeness (QED) is 0.489. The lowest BCUT2D eigenvalue weighted by atomic mass is 10.2. The molecule has 0 amide bonds. The Labute approximate surface area is 128 Å². The first-order chi connectivity index (χ1) is 9.88. The van der Waals surface area contributed by atoms with Gasteiger partial charge in [0.05, 0.1) is 26.1 Å². The predicted octanol–water partition coefficient (Wildman–Crippen LogP) is 2.14. The van der Waals surface area contributed by atoms with Crippen LogP contribution in [0.1, 0.15) is 13.8 Å². The van der Waals surface area contributed by atoms with E-state index in [1.54, 1.807) is 0 Å². The van der Waals surface area contributed by atoms with Crippen molar-refractivity contribution in [2.24, 2.45) is 5.92 Å². The second-order valence-corrected chi connectivity index (χ2v) is 6.96. The minimum Gasteiger partial charge on any atom is -0.377 e. The zero-order chi connectivity index (χ0) is 15.7. The lowest BCUT2D eigenvalue weighted by Crippen LogP contribution is -2.31. The molecule has 0 spiro atoms. The van der Waals surface area contributed by atoms with Gasteiger partial charge in [-0.25, -0.2) is 0 Å². The molecule has 0 fully saturated rings. The van der Waals surface area contributed by atoms with Crippen LogP contribution in [-0.2, 0) is 19.0 Å². The van der Waals surface area contributed by atoms with Gasteiger partial charge in [0.1, 0.15) is 0 Å². The molecule has 0 radical (unpaired) electrons. The zero-order valence-electron chi connectivity index (χ0n) is 13.0. The minimum absolute atomic E-state index is 0.0638. The van der Waals surface area contributed by atoms with Crippen LogP contribution in [-0.4, -0.2) is 47.6 Å². The normalized spacial score (nSPS) is 11.8. The number of anilines is 1. The molecule has 0 aliphatic carbocycles. The van der Waals surface area contributed by atoms with Crippen LogP contribution in [0.2, 0.25) is 0 Å². The Morgan fingerprint density at radius 3 is 2.33 bits per heavy atom. The van der Waals surface area contributed by atoms with E-state index in [1.807, 2.05) is 18.2 Å². The van der Waals surface area contributed by atoms with Crippen molar-refractivity contribution in [3.63, 3.8) is 0 Å². The molecule has 1 rings (SSSR count). The topological polar surface area (TPSA) is 55.8 Å². The maximum atomic E-state index is 10.8. The van der Waals surface area contributed by atoms with Crippen LogP contribution in [0, 0.1) is 5.92 Å². The van der Waals surface area contributed by atoms with E-state index in [0.29, 0.717) is 12.5 Å². The maximum Gasteiger partial charge on any atom is 0.264 e. The third-order valence-corrected chi connectivity index (χ3v) is 3.33. The van der Waals surface area contributed by atoms with Gasteiger partial charge in [0.25, 0.3) is 10.1 Å². The molecule has 0 aliphatic rings. The van der Waals surface area contributed by atoms with E-state index in [1.165, 1.54) is 5.69 Å². The third kappa shape index (κ3) is 8.70. The summed E-state index contributed by atoms with van der Waals surface area (Å²) in [6.07, 6.45) is 1.03. The summed E-state index contributed by atoms with van der Waals surface area (Å²) in [5.41, 5.74) is 1.17. The first-order valence-electron chi connectivity index (χ1n) is 7.10. The summed E-state index contributed by atoms with van der Waals surface area (Å²) in [4.78, 5) is 2.27. The van der Waals surface area contributed by atoms with E-state index in [0.717, 1.165) is 19.3 Å². The van der Waals surface area contributed by atoms with Crippen molar-refractivity contribution in [3.05, 3.63) is 30.3 Å². The van der Waals surface area contributed by atoms with Gasteiger partial charge in [-0.2, -0.15) is 8.42 Å². The summed E-state index contributed by atoms with van der Waals surface area (Å²) in [6, 6.07) is 10.2. The summed E-state index contributed by atoms with van der Waals surface area (Å²) >= 11 is 0. The van der Waals surface area contributed by atoms with Gasteiger partial charge in [-0.3, -0.25) is 4.18 Å². The van der Waals surface area contributed by atoms with Gasteiger partial charge in [-0.05, 0) is 18.1 Å². The molecular formula is C15H25NO4S. The van der Waals surface area contributed by atoms with Crippen LogP contribution < -0.4 is 4.90 Å². The van der Waals surface area contributed by atoms with E-state index in [2.05, 4.69) is 35.1 Å². The molecule has 1 aromatic carbocycles. The van der Waals surface area contributed by atoms with Crippen LogP contribution in [0.4, 0.5) is 5.69 Å². The smallest absolute Gasteiger partial charge is 0.264 e. The first kappa shape index (κ1) is 17.9. The average Bonchev–Trinajstić information content (AvgIpc) is 2.40. The van der Waals surface area contributed by atoms with Crippen LogP contribution >= 0.6 is 0 Å². The summed E-state index contributed by atoms with van der Waals surface area (Å²) in [5, 5.41) is 0. The standard InChI is InChI=1S/C15H25NO4S/c1-14(2)13-16(15-7-5-4-6-8-15)9-10-19-11-12-20-21(3,17)18/h4-8,14H,9-13H2,1-3H3. The number of rotatable bonds is 10. The minimum atomic E-state index is -3.38. The zero-order valence-corrected chi connectivity index (χ0v) is 13.8. The van der Waals surface area contributed by atoms with Gasteiger partial charge in [-0.1, -0.05) is 32.0 Å². The van der Waals surface area contributed by atoms with Crippen LogP contribution in [0.5, 0.6) is 0 Å². The second-order valence-electron chi connectivity index (χ2n) is 5.31. The molecule has 1 aromatic rings. The predicted molar refractivity (Wildman–Crippen MR) is 85.1 cm³/mol. The summed E-state index contributed by atoms with van der Waals surface area (Å²) in [6.45, 7) is 6.95. The monoisotopic (exact) mass is 315 g/mol. The Hall–Kier alpha value is -1.11. The van der Waals surface area contributed by atoms with Crippen LogP contribution in [0.15, 0.2) is 30.3 Å². The number of hydrogen-bond acceptors (Lipinski definition) is 5. The Morgan fingerprint density at radius 1 is 1.10 bits per heavy atom. The number of nitrogens with zero attached hydrogens (tertiary/aromatic N) is 1. The Morgan fingerprint density at radius 2 is 1.76 bits per heavy atom. The van der Waals surface area contributed by atoms with E-state index in [9.17, 15) is 8.42 Å². The van der Waals surface area contributed by atoms with Crippen molar-refractivity contribution in [1.82, 2.24) is 0 Å². The highest BCUT2D eigenvalue weighted by atomic mass is 32.2. The lowest BCUT2D eigenvalue weighted by Gasteiger charge is -2.26. The van der Waals surface area contributed by atoms with E-state index in [-0.39, 0.29) is 13.2 Å². The van der Waals surface area contributed by atoms with Crippen molar-refractivity contribution in [1.29, 1.82) is 0 Å². The highest BCUT2D eigenvalue weighted by molar-refractivity contribution is 7.85. The SMILES string of the molecule is CC(C)CN(CCOCCOS(C)(=O)=O)c1ccccc1. The van der Waals surface area contributed by atoms with Crippen molar-refractivity contribution in [2.45, 2.75) is 13.8 Å². The lowest BCUT2D eigenvalue weighted by molar-refractivity contribution is 0.107. The van der Waals surface area contributed by atoms with E-state index < -0.39 is 10.1 Å². The van der Waals surface area contributed by atoms with E-state index >= 15 is 0 Å². The number of benzene rings is 1. The molecule has 6 heteroatoms. The fraction of sp³-hybridized carbons (Fsp3) is 0.600. The number of ether oxygens (including phenoxy) is 1. The fourth-order valence-corrected chi connectivity index (χ4v) is 2.30. The molecule has 0 aliphatic heterocycles. The molecule has 0 aromatic heterocycles. The Kier molecular flexibility index (Phi) is 7.71. The summed E-state index contributed by atoms with van der Waals surface area (Å²) in [5.74, 6) is 0.554. The van der Waals surface area contributed by atoms with Gasteiger partial charge in [0.2, 0.25) is 0 Å². The molecule has 5 nitrogen and oxygen atoms in total. The third-order valence-electron chi connectivity index (χ3n) is 2.74. The van der Waals surface area contributed by atoms with E-state index in [4.69, 9.17) is 4.74 Å². The average molecular weight is 315 g/mol. The highest BCUT2D eigenvalue weighted by Crippen LogP contribution is 2.14. The Balaban J connectivity index is 2.34. The summed E-state index contributed by atoms with van der Waals surface area (Å²) in [7, 11) is -3.38. The molecule has 0 atom stereocenters. The fourth-order valence-electron chi connectivity index (χ4n) is 1.93. The number of para-hydroxylation sites is 1. The molecule has 21 heavy (non-hydrogen) atoms. The van der Waals surface area contributed by atoms with Crippen molar-refractivity contribution in [2.75, 3.05) is 44.1 Å². The van der Waals surface area contributed by atoms with Crippen molar-refractivity contribution in [3.8, 4) is 0 Å². The number of hydrogen-bond donors (Lipinski definition) is 0. The molecule has 0 saturated heterocycles. The first-order valence-corrected chi connectivity index (χ1v) is 8.92. The molecular weight excluding hydrogens is 290 g/mol. The van der Waals surface area contributed by atoms with Crippen molar-refractivity contribution < 1.29 is 17.3 Å². The van der Waals surface area contributed by atoms with Gasteiger partial charge < -0.3 is 9.64 Å². The molecule has 0 unspecified atom stereocenters. The highest BCUT2D eigenvalue weighted by Gasteiger charge is 2.08. The van der Waals surface area contributed by atoms with Crippen LogP contribution in [0.25, 0.3) is 0 Å². The largest absolute Gasteiger partial charge is 0.377 e. The Bertz CT molecular complexity index is 488. The maximum absolute atomic E-state index is 10.8. The van der Waals surface area contributed by atoms with Crippen molar-refractivity contribution >= 4 is 15.8 Å². The van der Waals surface area contributed by atoms with Gasteiger partial charge in [0, 0.05) is 18.8 Å². The molecule has 0 bridgehead atoms.